The molecule has 0 aromatic carbocycles. The van der Waals surface area contributed by atoms with E-state index in [1.807, 2.05) is 12.1 Å². The van der Waals surface area contributed by atoms with Crippen LogP contribution in [0.25, 0.3) is 0 Å². The monoisotopic (exact) mass is 224 g/mol. The van der Waals surface area contributed by atoms with Crippen LogP contribution in [0.5, 0.6) is 0 Å². The number of anilines is 1. The third-order valence-electron chi connectivity index (χ3n) is 1.80. The highest BCUT2D eigenvalue weighted by Crippen LogP contribution is 2.18. The first-order valence-electron chi connectivity index (χ1n) is 4.22. The second-order valence-corrected chi connectivity index (χ2v) is 4.01. The molecule has 0 aliphatic rings. The quantitative estimate of drug-likeness (QED) is 0.865. The van der Waals surface area contributed by atoms with Gasteiger partial charge in [-0.05, 0) is 34.5 Å². The predicted molar refractivity (Wildman–Crippen MR) is 60.9 cm³/mol. The highest BCUT2D eigenvalue weighted by molar-refractivity contribution is 7.07. The van der Waals surface area contributed by atoms with Crippen molar-refractivity contribution in [3.05, 3.63) is 45.7 Å². The Hall–Kier alpha value is -1.06. The molecule has 0 fully saturated rings. The van der Waals surface area contributed by atoms with Crippen molar-refractivity contribution in [2.45, 2.75) is 6.54 Å². The lowest BCUT2D eigenvalue weighted by atomic mass is 10.3. The third-order valence-corrected chi connectivity index (χ3v) is 2.84. The minimum Gasteiger partial charge on any atom is -0.365 e. The summed E-state index contributed by atoms with van der Waals surface area (Å²) in [6.45, 7) is 0.764. The van der Waals surface area contributed by atoms with Crippen LogP contribution in [0, 0.1) is 0 Å². The van der Waals surface area contributed by atoms with Crippen molar-refractivity contribution in [2.24, 2.45) is 0 Å². The zero-order valence-corrected chi connectivity index (χ0v) is 8.98. The van der Waals surface area contributed by atoms with E-state index in [9.17, 15) is 0 Å². The van der Waals surface area contributed by atoms with Gasteiger partial charge < -0.3 is 5.32 Å². The molecule has 0 aliphatic heterocycles. The minimum absolute atomic E-state index is 0.655. The second kappa shape index (κ2) is 4.44. The summed E-state index contributed by atoms with van der Waals surface area (Å²) < 4.78 is 0. The zero-order valence-electron chi connectivity index (χ0n) is 7.40. The van der Waals surface area contributed by atoms with Crippen LogP contribution in [-0.2, 0) is 6.54 Å². The molecule has 1 N–H and O–H groups in total. The Kier molecular flexibility index (Phi) is 3.01. The Balaban J connectivity index is 2.02. The Labute approximate surface area is 91.6 Å². The van der Waals surface area contributed by atoms with E-state index in [-0.39, 0.29) is 0 Å². The van der Waals surface area contributed by atoms with Gasteiger partial charge in [0.1, 0.15) is 5.82 Å². The van der Waals surface area contributed by atoms with E-state index in [0.717, 1.165) is 12.4 Å². The molecule has 2 heterocycles. The van der Waals surface area contributed by atoms with Crippen LogP contribution < -0.4 is 5.32 Å². The van der Waals surface area contributed by atoms with E-state index < -0.39 is 0 Å². The number of nitrogens with one attached hydrogen (secondary N) is 1. The highest BCUT2D eigenvalue weighted by Gasteiger charge is 1.99. The van der Waals surface area contributed by atoms with Crippen molar-refractivity contribution >= 4 is 28.8 Å². The molecule has 2 nitrogen and oxygen atoms in total. The van der Waals surface area contributed by atoms with Crippen molar-refractivity contribution in [2.75, 3.05) is 5.32 Å². The lowest BCUT2D eigenvalue weighted by Crippen LogP contribution is -2.00. The van der Waals surface area contributed by atoms with Gasteiger partial charge in [-0.1, -0.05) is 11.6 Å². The van der Waals surface area contributed by atoms with Crippen LogP contribution in [0.4, 0.5) is 5.82 Å². The number of aromatic nitrogens is 1. The summed E-state index contributed by atoms with van der Waals surface area (Å²) in [6, 6.07) is 5.72. The lowest BCUT2D eigenvalue weighted by molar-refractivity contribution is 1.12. The Bertz CT molecular complexity index is 400. The first kappa shape index (κ1) is 9.49. The second-order valence-electron chi connectivity index (χ2n) is 2.82. The lowest BCUT2D eigenvalue weighted by Gasteiger charge is -2.04. The SMILES string of the molecule is Clc1cccnc1NCc1ccsc1. The van der Waals surface area contributed by atoms with Gasteiger partial charge in [0, 0.05) is 12.7 Å². The fraction of sp³-hybridized carbons (Fsp3) is 0.100. The number of hydrogen-bond acceptors (Lipinski definition) is 3. The van der Waals surface area contributed by atoms with Gasteiger partial charge in [0.15, 0.2) is 0 Å². The van der Waals surface area contributed by atoms with Gasteiger partial charge in [0.25, 0.3) is 0 Å². The molecule has 72 valence electrons. The van der Waals surface area contributed by atoms with Crippen molar-refractivity contribution in [3.63, 3.8) is 0 Å². The molecule has 0 radical (unpaired) electrons. The van der Waals surface area contributed by atoms with Crippen LogP contribution in [0.15, 0.2) is 35.2 Å². The summed E-state index contributed by atoms with van der Waals surface area (Å²) >= 11 is 7.63. The van der Waals surface area contributed by atoms with E-state index in [2.05, 4.69) is 27.1 Å². The number of thiophene rings is 1. The Morgan fingerprint density at radius 1 is 1.43 bits per heavy atom. The summed E-state index contributed by atoms with van der Waals surface area (Å²) in [4.78, 5) is 4.14. The smallest absolute Gasteiger partial charge is 0.145 e. The summed E-state index contributed by atoms with van der Waals surface area (Å²) in [5.41, 5.74) is 1.25. The molecule has 0 aliphatic carbocycles. The molecule has 0 atom stereocenters. The number of nitrogens with zero attached hydrogens (tertiary/aromatic N) is 1. The molecule has 0 amide bonds. The van der Waals surface area contributed by atoms with Gasteiger partial charge >= 0.3 is 0 Å². The molecule has 2 aromatic rings. The van der Waals surface area contributed by atoms with Crippen molar-refractivity contribution in [3.8, 4) is 0 Å². The summed E-state index contributed by atoms with van der Waals surface area (Å²) in [5, 5.41) is 7.99. The van der Waals surface area contributed by atoms with E-state index in [4.69, 9.17) is 11.6 Å². The van der Waals surface area contributed by atoms with Gasteiger partial charge in [-0.25, -0.2) is 4.98 Å². The van der Waals surface area contributed by atoms with Crippen molar-refractivity contribution in [1.29, 1.82) is 0 Å². The third kappa shape index (κ3) is 2.25. The highest BCUT2D eigenvalue weighted by atomic mass is 35.5. The number of halogens is 1. The van der Waals surface area contributed by atoms with Crippen LogP contribution >= 0.6 is 22.9 Å². The van der Waals surface area contributed by atoms with E-state index in [1.165, 1.54) is 5.56 Å². The topological polar surface area (TPSA) is 24.9 Å². The molecule has 0 spiro atoms. The molecule has 2 rings (SSSR count). The molecule has 0 saturated heterocycles. The molecular formula is C10H9ClN2S. The first-order valence-corrected chi connectivity index (χ1v) is 5.54. The van der Waals surface area contributed by atoms with E-state index >= 15 is 0 Å². The largest absolute Gasteiger partial charge is 0.365 e. The van der Waals surface area contributed by atoms with Gasteiger partial charge in [0.2, 0.25) is 0 Å². The predicted octanol–water partition coefficient (Wildman–Crippen LogP) is 3.41. The maximum Gasteiger partial charge on any atom is 0.145 e. The van der Waals surface area contributed by atoms with Crippen molar-refractivity contribution < 1.29 is 0 Å². The molecule has 0 saturated carbocycles. The maximum atomic E-state index is 5.94. The molecule has 2 aromatic heterocycles. The number of hydrogen-bond donors (Lipinski definition) is 1. The molecule has 4 heteroatoms. The summed E-state index contributed by atoms with van der Waals surface area (Å²) in [5.74, 6) is 0.736. The standard InChI is InChI=1S/C10H9ClN2S/c11-9-2-1-4-12-10(9)13-6-8-3-5-14-7-8/h1-5,7H,6H2,(H,12,13). The van der Waals surface area contributed by atoms with Gasteiger partial charge in [-0.3, -0.25) is 0 Å². The molecule has 14 heavy (non-hydrogen) atoms. The molecular weight excluding hydrogens is 216 g/mol. The minimum atomic E-state index is 0.655. The average molecular weight is 225 g/mol. The fourth-order valence-electron chi connectivity index (χ4n) is 1.09. The number of rotatable bonds is 3. The van der Waals surface area contributed by atoms with E-state index in [0.29, 0.717) is 5.02 Å². The van der Waals surface area contributed by atoms with Crippen LogP contribution in [0.1, 0.15) is 5.56 Å². The van der Waals surface area contributed by atoms with Crippen LogP contribution in [0.3, 0.4) is 0 Å². The number of pyridine rings is 1. The Morgan fingerprint density at radius 3 is 3.07 bits per heavy atom. The molecule has 0 unspecified atom stereocenters. The van der Waals surface area contributed by atoms with Gasteiger partial charge in [-0.15, -0.1) is 0 Å². The summed E-state index contributed by atoms with van der Waals surface area (Å²) in [7, 11) is 0. The fourth-order valence-corrected chi connectivity index (χ4v) is 1.95. The van der Waals surface area contributed by atoms with E-state index in [1.54, 1.807) is 17.5 Å². The Morgan fingerprint density at radius 2 is 2.36 bits per heavy atom. The average Bonchev–Trinajstić information content (AvgIpc) is 2.69. The summed E-state index contributed by atoms with van der Waals surface area (Å²) in [6.07, 6.45) is 1.72. The van der Waals surface area contributed by atoms with Crippen LogP contribution in [-0.4, -0.2) is 4.98 Å². The zero-order chi connectivity index (χ0) is 9.80. The van der Waals surface area contributed by atoms with Gasteiger partial charge in [0.05, 0.1) is 5.02 Å². The van der Waals surface area contributed by atoms with Crippen LogP contribution in [0.2, 0.25) is 5.02 Å². The molecule has 0 bridgehead atoms. The first-order chi connectivity index (χ1) is 6.86. The van der Waals surface area contributed by atoms with Crippen molar-refractivity contribution in [1.82, 2.24) is 4.98 Å². The normalized spacial score (nSPS) is 10.1. The maximum absolute atomic E-state index is 5.94. The van der Waals surface area contributed by atoms with Gasteiger partial charge in [-0.2, -0.15) is 11.3 Å².